The molecule has 8 rings (SSSR count). The van der Waals surface area contributed by atoms with Gasteiger partial charge in [0.1, 0.15) is 5.82 Å². The molecule has 0 radical (unpaired) electrons. The van der Waals surface area contributed by atoms with Crippen LogP contribution in [-0.4, -0.2) is 115 Å². The Hall–Kier alpha value is -3.84. The molecule has 3 aromatic heterocycles. The maximum atomic E-state index is 10.9. The molecule has 12 nitrogen and oxygen atoms in total. The van der Waals surface area contributed by atoms with Crippen molar-refractivity contribution in [1.29, 1.82) is 0 Å². The first-order valence-corrected chi connectivity index (χ1v) is 41.1. The van der Waals surface area contributed by atoms with Gasteiger partial charge in [0.2, 0.25) is 0 Å². The van der Waals surface area contributed by atoms with Crippen molar-refractivity contribution < 1.29 is 4.74 Å². The van der Waals surface area contributed by atoms with E-state index in [0.717, 1.165) is 28.6 Å². The average molecular weight is 1510 g/mol. The van der Waals surface area contributed by atoms with E-state index in [-0.39, 0.29) is 115 Å². The van der Waals surface area contributed by atoms with Crippen molar-refractivity contribution in [1.82, 2.24) is 49.4 Å². The lowest BCUT2D eigenvalue weighted by Gasteiger charge is -2.73. The third-order valence-corrected chi connectivity index (χ3v) is 38.9. The number of benzene rings is 1. The second-order valence-electron chi connectivity index (χ2n) is 44.7. The van der Waals surface area contributed by atoms with E-state index >= 15 is 0 Å². The fourth-order valence-corrected chi connectivity index (χ4v) is 18.8. The Balaban J connectivity index is 0.000000623. The molecule has 0 aliphatic carbocycles. The molecule has 4 aliphatic heterocycles. The molecule has 626 valence electrons. The summed E-state index contributed by atoms with van der Waals surface area (Å²) in [5.74, 6) is 0.738. The highest BCUT2D eigenvalue weighted by molar-refractivity contribution is 5.48. The average Bonchev–Trinajstić information content (AvgIpc) is 0.770. The van der Waals surface area contributed by atoms with Crippen molar-refractivity contribution in [2.75, 3.05) is 21.1 Å². The van der Waals surface area contributed by atoms with Gasteiger partial charge < -0.3 is 4.74 Å². The predicted octanol–water partition coefficient (Wildman–Crippen LogP) is 24.7. The number of rotatable bonds is 0. The SMILES string of the molecule is CC1(C)OC(C)(C)C(C)(C)C(C)(C)C1(C)C.CN1C(C)(C)C(C)(C)C(C)(C)C(C)(C)C1(C)C.CN1C(C)(C)C(C)(C)C(C)(C)C(C)(C)C1(C)C.CN1C(C)(C)C(C)(C)C(C)(C)C(C)(C)C1(C)C.Cc1c(C)c(C)c(C)c(C)c1C.Cc1nn(C)c(=O)n1C.Cc1nnc(C)c(C)c1C.Cc1nnc(C)c(C)c1C. The van der Waals surface area contributed by atoms with E-state index < -0.39 is 0 Å². The van der Waals surface area contributed by atoms with Crippen LogP contribution in [0.2, 0.25) is 0 Å². The van der Waals surface area contributed by atoms with Gasteiger partial charge in [0.05, 0.1) is 34.0 Å². The zero-order valence-electron chi connectivity index (χ0n) is 83.3. The molecular weight excluding hydrogens is 1330 g/mol. The van der Waals surface area contributed by atoms with Gasteiger partial charge in [0.25, 0.3) is 0 Å². The Bertz CT molecular complexity index is 3360. The summed E-state index contributed by atoms with van der Waals surface area (Å²) in [5, 5.41) is 19.8. The normalized spacial score (nSPS) is 24.6. The Morgan fingerprint density at radius 1 is 0.222 bits per heavy atom. The number of hydrogen-bond donors (Lipinski definition) is 0. The number of ether oxygens (including phenoxy) is 1. The minimum atomic E-state index is -0.102. The summed E-state index contributed by atoms with van der Waals surface area (Å²) in [5.41, 5.74) is 21.6. The fourth-order valence-electron chi connectivity index (χ4n) is 18.8. The minimum Gasteiger partial charge on any atom is -0.369 e. The summed E-state index contributed by atoms with van der Waals surface area (Å²) in [4.78, 5) is 18.6. The predicted molar refractivity (Wildman–Crippen MR) is 472 cm³/mol. The molecule has 1 aromatic carbocycles. The number of likely N-dealkylation sites (tertiary alicyclic amines) is 3. The van der Waals surface area contributed by atoms with Gasteiger partial charge in [-0.3, -0.25) is 19.3 Å². The van der Waals surface area contributed by atoms with Gasteiger partial charge >= 0.3 is 5.69 Å². The molecule has 12 heteroatoms. The van der Waals surface area contributed by atoms with E-state index in [9.17, 15) is 4.79 Å². The Kier molecular flexibility index (Phi) is 29.7. The second-order valence-corrected chi connectivity index (χ2v) is 44.7. The lowest BCUT2D eigenvalue weighted by Crippen LogP contribution is -2.76. The first-order valence-electron chi connectivity index (χ1n) is 41.1. The smallest absolute Gasteiger partial charge is 0.345 e. The molecule has 7 heterocycles. The molecule has 0 saturated carbocycles. The van der Waals surface area contributed by atoms with Crippen LogP contribution in [0.5, 0.6) is 0 Å². The summed E-state index contributed by atoms with van der Waals surface area (Å²) in [6.45, 7) is 127. The molecular formula is C96H180N10O2. The van der Waals surface area contributed by atoms with Gasteiger partial charge in [-0.1, -0.05) is 166 Å². The van der Waals surface area contributed by atoms with Gasteiger partial charge in [-0.25, -0.2) is 9.48 Å². The molecule has 4 fully saturated rings. The Labute approximate surface area is 670 Å². The van der Waals surface area contributed by atoms with E-state index in [1.54, 1.807) is 21.0 Å². The summed E-state index contributed by atoms with van der Waals surface area (Å²) in [6.07, 6.45) is 0. The van der Waals surface area contributed by atoms with Crippen LogP contribution in [-0.2, 0) is 18.8 Å². The van der Waals surface area contributed by atoms with Crippen LogP contribution < -0.4 is 5.69 Å². The number of hydrogen-bond acceptors (Lipinski definition) is 10. The zero-order valence-corrected chi connectivity index (χ0v) is 83.3. The van der Waals surface area contributed by atoms with Crippen molar-refractivity contribution in [3.8, 4) is 0 Å². The van der Waals surface area contributed by atoms with Crippen LogP contribution in [0.15, 0.2) is 4.79 Å². The highest BCUT2D eigenvalue weighted by atomic mass is 16.5. The molecule has 0 unspecified atom stereocenters. The summed E-state index contributed by atoms with van der Waals surface area (Å²) >= 11 is 0. The summed E-state index contributed by atoms with van der Waals surface area (Å²) in [7, 11) is 10.2. The largest absolute Gasteiger partial charge is 0.369 e. The molecule has 4 aromatic rings. The third kappa shape index (κ3) is 15.9. The molecule has 0 amide bonds. The number of aryl methyl sites for hydroxylation is 6. The number of piperidine rings is 3. The van der Waals surface area contributed by atoms with Crippen molar-refractivity contribution in [2.45, 2.75) is 425 Å². The first-order chi connectivity index (χ1) is 47.0. The van der Waals surface area contributed by atoms with E-state index in [1.807, 2.05) is 27.7 Å². The lowest BCUT2D eigenvalue weighted by molar-refractivity contribution is -0.323. The van der Waals surface area contributed by atoms with Crippen molar-refractivity contribution in [2.24, 2.45) is 79.1 Å². The van der Waals surface area contributed by atoms with Gasteiger partial charge in [0.15, 0.2) is 0 Å². The van der Waals surface area contributed by atoms with Crippen molar-refractivity contribution >= 4 is 0 Å². The number of nitrogens with zero attached hydrogens (tertiary/aromatic N) is 10. The first kappa shape index (κ1) is 102. The minimum absolute atomic E-state index is 0.0764. The monoisotopic (exact) mass is 1510 g/mol. The van der Waals surface area contributed by atoms with Crippen LogP contribution in [0.1, 0.15) is 361 Å². The third-order valence-electron chi connectivity index (χ3n) is 38.9. The fraction of sp³-hybridized carbons (Fsp3) is 0.833. The van der Waals surface area contributed by atoms with E-state index in [0.29, 0.717) is 0 Å². The van der Waals surface area contributed by atoms with Crippen LogP contribution >= 0.6 is 0 Å². The lowest BCUT2D eigenvalue weighted by atomic mass is 9.41. The molecule has 4 aliphatic rings. The molecule has 0 atom stereocenters. The Morgan fingerprint density at radius 2 is 0.370 bits per heavy atom. The molecule has 108 heavy (non-hydrogen) atoms. The highest BCUT2D eigenvalue weighted by Gasteiger charge is 2.70. The topological polar surface area (TPSA) is 110 Å². The van der Waals surface area contributed by atoms with E-state index in [1.165, 1.54) is 64.9 Å². The van der Waals surface area contributed by atoms with Gasteiger partial charge in [-0.05, 0) is 356 Å². The van der Waals surface area contributed by atoms with E-state index in [4.69, 9.17) is 4.74 Å². The van der Waals surface area contributed by atoms with Crippen molar-refractivity contribution in [3.63, 3.8) is 0 Å². The van der Waals surface area contributed by atoms with Gasteiger partial charge in [-0.15, -0.1) is 0 Å². The maximum Gasteiger partial charge on any atom is 0.345 e. The second kappa shape index (κ2) is 31.4. The van der Waals surface area contributed by atoms with Gasteiger partial charge in [0, 0.05) is 47.3 Å². The number of aromatic nitrogens is 7. The molecule has 0 spiro atoms. The van der Waals surface area contributed by atoms with Gasteiger partial charge in [-0.2, -0.15) is 25.5 Å². The molecule has 4 saturated heterocycles. The van der Waals surface area contributed by atoms with Crippen LogP contribution in [0.25, 0.3) is 0 Å². The zero-order chi connectivity index (χ0) is 87.4. The van der Waals surface area contributed by atoms with Crippen LogP contribution in [0.4, 0.5) is 0 Å². The van der Waals surface area contributed by atoms with Crippen molar-refractivity contribution in [3.05, 3.63) is 94.7 Å². The van der Waals surface area contributed by atoms with E-state index in [2.05, 4.69) is 408 Å². The summed E-state index contributed by atoms with van der Waals surface area (Å²) in [6, 6.07) is 0. The molecule has 0 N–H and O–H groups in total. The highest BCUT2D eigenvalue weighted by Crippen LogP contribution is 2.70. The summed E-state index contributed by atoms with van der Waals surface area (Å²) < 4.78 is 9.24. The molecule has 0 bridgehead atoms. The van der Waals surface area contributed by atoms with Crippen LogP contribution in [0, 0.1) is 169 Å². The standard InChI is InChI=1S/3C16H33N.C15H30O.C12H18.2C8H12N2.C5H9N3O/c3*1-12(2)13(3,4)15(7,8)17(11)16(9,10)14(12,5)6;1-11(2)12(3,4)14(7,8)16-15(9,10)13(11,5)6;1-7-8(2)10(4)12(6)11(5)9(7)3;2*1-5-6(2)8(4)10-9-7(5)3;1-4-6-8(3)5(9)7(4)2/h3*1-11H3;1-10H3;1-6H3;2*1-4H3;1-3H3. The Morgan fingerprint density at radius 3 is 0.491 bits per heavy atom. The quantitative estimate of drug-likeness (QED) is 0.169. The maximum absolute atomic E-state index is 10.9. The van der Waals surface area contributed by atoms with Crippen LogP contribution in [0.3, 0.4) is 0 Å².